The van der Waals surface area contributed by atoms with Crippen LogP contribution >= 0.6 is 0 Å². The second kappa shape index (κ2) is 7.66. The molecule has 2 N–H and O–H groups in total. The van der Waals surface area contributed by atoms with Gasteiger partial charge in [0.05, 0.1) is 24.5 Å². The molecule has 0 radical (unpaired) electrons. The number of benzene rings is 1. The highest BCUT2D eigenvalue weighted by molar-refractivity contribution is 5.58. The van der Waals surface area contributed by atoms with Crippen LogP contribution in [0.5, 0.6) is 0 Å². The van der Waals surface area contributed by atoms with Gasteiger partial charge in [0.15, 0.2) is 0 Å². The SMILES string of the molecule is Cc1ccc(NCCCOCCO)c(C#N)c1. The zero-order valence-electron chi connectivity index (χ0n) is 10.1. The summed E-state index contributed by atoms with van der Waals surface area (Å²) in [5, 5.41) is 20.7. The van der Waals surface area contributed by atoms with Crippen molar-refractivity contribution < 1.29 is 9.84 Å². The Morgan fingerprint density at radius 3 is 2.94 bits per heavy atom. The number of nitriles is 1. The molecule has 0 fully saturated rings. The number of hydrogen-bond acceptors (Lipinski definition) is 4. The van der Waals surface area contributed by atoms with E-state index in [-0.39, 0.29) is 6.61 Å². The van der Waals surface area contributed by atoms with Gasteiger partial charge in [0, 0.05) is 13.2 Å². The van der Waals surface area contributed by atoms with Gasteiger partial charge in [-0.25, -0.2) is 0 Å². The van der Waals surface area contributed by atoms with Crippen molar-refractivity contribution in [3.8, 4) is 6.07 Å². The van der Waals surface area contributed by atoms with Crippen molar-refractivity contribution in [2.45, 2.75) is 13.3 Å². The van der Waals surface area contributed by atoms with Crippen LogP contribution < -0.4 is 5.32 Å². The number of hydrogen-bond donors (Lipinski definition) is 2. The van der Waals surface area contributed by atoms with Crippen molar-refractivity contribution in [1.29, 1.82) is 5.26 Å². The van der Waals surface area contributed by atoms with Gasteiger partial charge >= 0.3 is 0 Å². The van der Waals surface area contributed by atoms with E-state index in [1.165, 1.54) is 0 Å². The van der Waals surface area contributed by atoms with Crippen LogP contribution in [0.2, 0.25) is 0 Å². The van der Waals surface area contributed by atoms with E-state index < -0.39 is 0 Å². The Kier molecular flexibility index (Phi) is 6.08. The summed E-state index contributed by atoms with van der Waals surface area (Å²) >= 11 is 0. The third-order valence-corrected chi connectivity index (χ3v) is 2.31. The van der Waals surface area contributed by atoms with Gasteiger partial charge in [-0.2, -0.15) is 5.26 Å². The summed E-state index contributed by atoms with van der Waals surface area (Å²) in [4.78, 5) is 0. The third-order valence-electron chi connectivity index (χ3n) is 2.31. The minimum atomic E-state index is 0.0595. The lowest BCUT2D eigenvalue weighted by Crippen LogP contribution is -2.08. The summed E-state index contributed by atoms with van der Waals surface area (Å²) in [7, 11) is 0. The Balaban J connectivity index is 2.34. The van der Waals surface area contributed by atoms with Crippen LogP contribution in [0.4, 0.5) is 5.69 Å². The van der Waals surface area contributed by atoms with E-state index >= 15 is 0 Å². The Morgan fingerprint density at radius 2 is 2.24 bits per heavy atom. The molecule has 0 spiro atoms. The maximum absolute atomic E-state index is 8.97. The molecule has 1 aromatic rings. The molecule has 0 amide bonds. The Labute approximate surface area is 102 Å². The second-order valence-corrected chi connectivity index (χ2v) is 3.78. The lowest BCUT2D eigenvalue weighted by molar-refractivity contribution is 0.0922. The summed E-state index contributed by atoms with van der Waals surface area (Å²) < 4.78 is 5.14. The molecule has 0 heterocycles. The van der Waals surface area contributed by atoms with Crippen molar-refractivity contribution in [3.63, 3.8) is 0 Å². The third kappa shape index (κ3) is 4.85. The van der Waals surface area contributed by atoms with Gasteiger partial charge < -0.3 is 15.2 Å². The molecule has 4 nitrogen and oxygen atoms in total. The maximum Gasteiger partial charge on any atom is 0.101 e. The average Bonchev–Trinajstić information content (AvgIpc) is 2.35. The molecular formula is C13H18N2O2. The Bertz CT molecular complexity index is 385. The molecule has 0 aliphatic heterocycles. The largest absolute Gasteiger partial charge is 0.394 e. The maximum atomic E-state index is 8.97. The highest BCUT2D eigenvalue weighted by Gasteiger charge is 2.00. The van der Waals surface area contributed by atoms with Gasteiger partial charge in [0.25, 0.3) is 0 Å². The van der Waals surface area contributed by atoms with Crippen molar-refractivity contribution in [2.75, 3.05) is 31.7 Å². The first-order valence-electron chi connectivity index (χ1n) is 5.71. The first kappa shape index (κ1) is 13.5. The Morgan fingerprint density at radius 1 is 1.41 bits per heavy atom. The fraction of sp³-hybridized carbons (Fsp3) is 0.462. The van der Waals surface area contributed by atoms with Crippen molar-refractivity contribution in [3.05, 3.63) is 29.3 Å². The van der Waals surface area contributed by atoms with E-state index in [2.05, 4.69) is 11.4 Å². The van der Waals surface area contributed by atoms with Crippen LogP contribution in [0.3, 0.4) is 0 Å². The number of rotatable bonds is 7. The first-order valence-corrected chi connectivity index (χ1v) is 5.71. The molecule has 0 aromatic heterocycles. The fourth-order valence-electron chi connectivity index (χ4n) is 1.47. The topological polar surface area (TPSA) is 65.3 Å². The van der Waals surface area contributed by atoms with Crippen molar-refractivity contribution in [2.24, 2.45) is 0 Å². The Hall–Kier alpha value is -1.57. The summed E-state index contributed by atoms with van der Waals surface area (Å²) in [5.41, 5.74) is 2.61. The highest BCUT2D eigenvalue weighted by Crippen LogP contribution is 2.15. The number of aliphatic hydroxyl groups excluding tert-OH is 1. The molecule has 0 aliphatic rings. The lowest BCUT2D eigenvalue weighted by Gasteiger charge is -2.08. The van der Waals surface area contributed by atoms with Crippen molar-refractivity contribution in [1.82, 2.24) is 0 Å². The number of aryl methyl sites for hydroxylation is 1. The van der Waals surface area contributed by atoms with Crippen LogP contribution in [0.25, 0.3) is 0 Å². The molecule has 17 heavy (non-hydrogen) atoms. The summed E-state index contributed by atoms with van der Waals surface area (Å²) in [5.74, 6) is 0. The quantitative estimate of drug-likeness (QED) is 0.704. The summed E-state index contributed by atoms with van der Waals surface area (Å²) in [6, 6.07) is 7.93. The van der Waals surface area contributed by atoms with Crippen LogP contribution in [-0.2, 0) is 4.74 Å². The van der Waals surface area contributed by atoms with Gasteiger partial charge in [0.1, 0.15) is 6.07 Å². The lowest BCUT2D eigenvalue weighted by atomic mass is 10.1. The molecule has 0 atom stereocenters. The van der Waals surface area contributed by atoms with E-state index in [0.29, 0.717) is 18.8 Å². The van der Waals surface area contributed by atoms with Crippen molar-refractivity contribution >= 4 is 5.69 Å². The number of ether oxygens (including phenoxy) is 1. The van der Waals surface area contributed by atoms with Gasteiger partial charge in [-0.1, -0.05) is 6.07 Å². The van der Waals surface area contributed by atoms with Gasteiger partial charge in [0.2, 0.25) is 0 Å². The predicted octanol–water partition coefficient (Wildman–Crippen LogP) is 1.68. The van der Waals surface area contributed by atoms with E-state index in [0.717, 1.165) is 24.2 Å². The highest BCUT2D eigenvalue weighted by atomic mass is 16.5. The van der Waals surface area contributed by atoms with E-state index in [9.17, 15) is 0 Å². The minimum Gasteiger partial charge on any atom is -0.394 e. The minimum absolute atomic E-state index is 0.0595. The molecule has 0 saturated carbocycles. The predicted molar refractivity (Wildman–Crippen MR) is 66.9 cm³/mol. The van der Waals surface area contributed by atoms with Crippen LogP contribution in [-0.4, -0.2) is 31.5 Å². The standard InChI is InChI=1S/C13H18N2O2/c1-11-3-4-13(12(9-11)10-14)15-5-2-7-17-8-6-16/h3-4,9,15-16H,2,5-8H2,1H3. The number of nitrogens with zero attached hydrogens (tertiary/aromatic N) is 1. The molecule has 0 unspecified atom stereocenters. The fourth-order valence-corrected chi connectivity index (χ4v) is 1.47. The van der Waals surface area contributed by atoms with Gasteiger partial charge in [-0.3, -0.25) is 0 Å². The molecule has 92 valence electrons. The number of nitrogens with one attached hydrogen (secondary N) is 1. The molecule has 0 aliphatic carbocycles. The van der Waals surface area contributed by atoms with Gasteiger partial charge in [-0.05, 0) is 31.0 Å². The monoisotopic (exact) mass is 234 g/mol. The first-order chi connectivity index (χ1) is 8.27. The van der Waals surface area contributed by atoms with E-state index in [1.54, 1.807) is 0 Å². The second-order valence-electron chi connectivity index (χ2n) is 3.78. The van der Waals surface area contributed by atoms with E-state index in [4.69, 9.17) is 15.1 Å². The van der Waals surface area contributed by atoms with E-state index in [1.807, 2.05) is 25.1 Å². The van der Waals surface area contributed by atoms with Crippen LogP contribution in [0, 0.1) is 18.3 Å². The summed E-state index contributed by atoms with van der Waals surface area (Å²) in [6.45, 7) is 3.77. The number of aliphatic hydroxyl groups is 1. The molecular weight excluding hydrogens is 216 g/mol. The molecule has 0 saturated heterocycles. The van der Waals surface area contributed by atoms with Crippen LogP contribution in [0.1, 0.15) is 17.5 Å². The number of anilines is 1. The molecule has 1 rings (SSSR count). The zero-order valence-corrected chi connectivity index (χ0v) is 10.1. The smallest absolute Gasteiger partial charge is 0.101 e. The average molecular weight is 234 g/mol. The normalized spacial score (nSPS) is 9.94. The van der Waals surface area contributed by atoms with Gasteiger partial charge in [-0.15, -0.1) is 0 Å². The molecule has 4 heteroatoms. The molecule has 1 aromatic carbocycles. The van der Waals surface area contributed by atoms with Crippen LogP contribution in [0.15, 0.2) is 18.2 Å². The zero-order chi connectivity index (χ0) is 12.5. The molecule has 0 bridgehead atoms. The summed E-state index contributed by atoms with van der Waals surface area (Å²) in [6.07, 6.45) is 0.846.